The molecule has 35 heavy (non-hydrogen) atoms. The van der Waals surface area contributed by atoms with Gasteiger partial charge in [0.25, 0.3) is 11.8 Å². The van der Waals surface area contributed by atoms with Gasteiger partial charge in [-0.15, -0.1) is 0 Å². The van der Waals surface area contributed by atoms with Gasteiger partial charge in [0, 0.05) is 11.1 Å². The lowest BCUT2D eigenvalue weighted by molar-refractivity contribution is -0.149. The molecule has 3 rings (SSSR count). The molecule has 1 aliphatic heterocycles. The normalized spacial score (nSPS) is 20.3. The Morgan fingerprint density at radius 1 is 1.17 bits per heavy atom. The molecule has 1 heterocycles. The molecule has 1 fully saturated rings. The van der Waals surface area contributed by atoms with Crippen molar-refractivity contribution in [3.05, 3.63) is 59.4 Å². The van der Waals surface area contributed by atoms with Crippen LogP contribution in [-0.4, -0.2) is 60.2 Å². The number of carbonyl (C=O) groups excluding carboxylic acids is 1. The van der Waals surface area contributed by atoms with Crippen molar-refractivity contribution >= 4 is 15.9 Å². The minimum absolute atomic E-state index is 0.233. The van der Waals surface area contributed by atoms with Gasteiger partial charge in [-0.25, -0.2) is 35.1 Å². The Bertz CT molecular complexity index is 1230. The number of likely N-dealkylation sites (tertiary alicyclic amines) is 1. The van der Waals surface area contributed by atoms with Crippen molar-refractivity contribution < 1.29 is 40.3 Å². The molecule has 0 unspecified atom stereocenters. The van der Waals surface area contributed by atoms with Crippen LogP contribution in [0.4, 0.5) is 22.0 Å². The fraction of sp³-hybridized carbons (Fsp3) is 0.435. The van der Waals surface area contributed by atoms with Gasteiger partial charge in [0.15, 0.2) is 0 Å². The van der Waals surface area contributed by atoms with Gasteiger partial charge in [0.1, 0.15) is 29.1 Å². The number of halogens is 5. The molecule has 2 N–H and O–H groups in total. The van der Waals surface area contributed by atoms with Crippen LogP contribution in [0.25, 0.3) is 11.1 Å². The van der Waals surface area contributed by atoms with Crippen molar-refractivity contribution in [3.8, 4) is 11.1 Å². The van der Waals surface area contributed by atoms with Crippen molar-refractivity contribution in [2.24, 2.45) is 0 Å². The lowest BCUT2D eigenvalue weighted by atomic mass is 9.94. The van der Waals surface area contributed by atoms with E-state index in [1.54, 1.807) is 0 Å². The molecule has 2 aromatic carbocycles. The quantitative estimate of drug-likeness (QED) is 0.549. The SMILES string of the molecule is CCS(=O)(=O)N[C@@H]1[C@H](Cc2cccc(-c3cc(F)ccc3F)c2F)N(C(=O)C(C)(C)O)CC1(F)F. The highest BCUT2D eigenvalue weighted by molar-refractivity contribution is 7.89. The maximum atomic E-state index is 15.4. The molecule has 192 valence electrons. The molecule has 0 radical (unpaired) electrons. The van der Waals surface area contributed by atoms with E-state index in [-0.39, 0.29) is 11.1 Å². The van der Waals surface area contributed by atoms with E-state index in [4.69, 9.17) is 0 Å². The van der Waals surface area contributed by atoms with Gasteiger partial charge in [-0.05, 0) is 51.0 Å². The van der Waals surface area contributed by atoms with Crippen LogP contribution < -0.4 is 4.72 Å². The molecule has 2 atom stereocenters. The van der Waals surface area contributed by atoms with Crippen LogP contribution in [0.15, 0.2) is 36.4 Å². The third kappa shape index (κ3) is 5.65. The fourth-order valence-corrected chi connectivity index (χ4v) is 4.91. The van der Waals surface area contributed by atoms with E-state index in [0.717, 1.165) is 32.0 Å². The molecule has 12 heteroatoms. The molecule has 2 aromatic rings. The number of rotatable bonds is 7. The number of sulfonamides is 1. The van der Waals surface area contributed by atoms with Crippen molar-refractivity contribution in [3.63, 3.8) is 0 Å². The zero-order valence-electron chi connectivity index (χ0n) is 19.2. The van der Waals surface area contributed by atoms with Gasteiger partial charge in [0.2, 0.25) is 10.0 Å². The second-order valence-corrected chi connectivity index (χ2v) is 11.0. The second kappa shape index (κ2) is 9.47. The summed E-state index contributed by atoms with van der Waals surface area (Å²) in [4.78, 5) is 13.4. The Morgan fingerprint density at radius 3 is 2.43 bits per heavy atom. The Kier molecular flexibility index (Phi) is 7.31. The smallest absolute Gasteiger partial charge is 0.283 e. The van der Waals surface area contributed by atoms with Crippen molar-refractivity contribution in [1.29, 1.82) is 0 Å². The highest BCUT2D eigenvalue weighted by Gasteiger charge is 2.58. The number of benzene rings is 2. The first-order valence-electron chi connectivity index (χ1n) is 10.7. The van der Waals surface area contributed by atoms with Crippen LogP contribution in [0.2, 0.25) is 0 Å². The standard InChI is InChI=1S/C23H25F5N2O4S/c1-4-35(33,34)29-20-18(30(12-23(20,27)28)21(31)22(2,3)32)10-13-6-5-7-15(19(13)26)16-11-14(24)8-9-17(16)25/h5-9,11,18,20,29,32H,4,10,12H2,1-3H3/t18-,20+/m0/s1. The number of hydrogen-bond acceptors (Lipinski definition) is 4. The molecule has 6 nitrogen and oxygen atoms in total. The monoisotopic (exact) mass is 520 g/mol. The number of nitrogens with zero attached hydrogens (tertiary/aromatic N) is 1. The van der Waals surface area contributed by atoms with Gasteiger partial charge in [0.05, 0.1) is 18.3 Å². The molecular formula is C23H25F5N2O4S. The number of carbonyl (C=O) groups is 1. The second-order valence-electron chi connectivity index (χ2n) is 8.93. The molecular weight excluding hydrogens is 495 g/mol. The van der Waals surface area contributed by atoms with Crippen LogP contribution in [0.3, 0.4) is 0 Å². The zero-order valence-corrected chi connectivity index (χ0v) is 20.0. The summed E-state index contributed by atoms with van der Waals surface area (Å²) >= 11 is 0. The van der Waals surface area contributed by atoms with E-state index in [2.05, 4.69) is 0 Å². The summed E-state index contributed by atoms with van der Waals surface area (Å²) in [5.74, 6) is -8.14. The molecule has 0 bridgehead atoms. The molecule has 0 spiro atoms. The van der Waals surface area contributed by atoms with Gasteiger partial charge in [-0.3, -0.25) is 4.79 Å². The molecule has 0 aromatic heterocycles. The lowest BCUT2D eigenvalue weighted by Gasteiger charge is -2.32. The molecule has 1 amide bonds. The Hall–Kier alpha value is -2.57. The third-order valence-corrected chi connectivity index (χ3v) is 7.19. The van der Waals surface area contributed by atoms with E-state index in [1.807, 2.05) is 4.72 Å². The minimum atomic E-state index is -4.17. The lowest BCUT2D eigenvalue weighted by Crippen LogP contribution is -2.54. The summed E-state index contributed by atoms with van der Waals surface area (Å²) in [6.45, 7) is 2.20. The summed E-state index contributed by atoms with van der Waals surface area (Å²) in [6, 6.07) is 2.43. The van der Waals surface area contributed by atoms with Crippen molar-refractivity contribution in [2.45, 2.75) is 50.8 Å². The van der Waals surface area contributed by atoms with E-state index >= 15 is 4.39 Å². The third-order valence-electron chi connectivity index (χ3n) is 5.82. The number of nitrogens with one attached hydrogen (secondary N) is 1. The zero-order chi connectivity index (χ0) is 26.3. The summed E-state index contributed by atoms with van der Waals surface area (Å²) in [5.41, 5.74) is -3.04. The number of amides is 1. The van der Waals surface area contributed by atoms with Crippen LogP contribution >= 0.6 is 0 Å². The molecule has 1 aliphatic rings. The van der Waals surface area contributed by atoms with Gasteiger partial charge < -0.3 is 10.0 Å². The summed E-state index contributed by atoms with van der Waals surface area (Å²) in [5, 5.41) is 10.1. The van der Waals surface area contributed by atoms with Crippen molar-refractivity contribution in [1.82, 2.24) is 9.62 Å². The van der Waals surface area contributed by atoms with Crippen LogP contribution in [0.5, 0.6) is 0 Å². The average Bonchev–Trinajstić information content (AvgIpc) is 2.99. The first-order valence-corrected chi connectivity index (χ1v) is 12.4. The van der Waals surface area contributed by atoms with E-state index in [9.17, 15) is 35.9 Å². The highest BCUT2D eigenvalue weighted by atomic mass is 32.2. The molecule has 0 aliphatic carbocycles. The first kappa shape index (κ1) is 27.0. The van der Waals surface area contributed by atoms with Gasteiger partial charge in [-0.2, -0.15) is 0 Å². The maximum absolute atomic E-state index is 15.4. The average molecular weight is 521 g/mol. The Morgan fingerprint density at radius 2 is 1.83 bits per heavy atom. The molecule has 1 saturated heterocycles. The van der Waals surface area contributed by atoms with Crippen LogP contribution in [-0.2, 0) is 21.2 Å². The minimum Gasteiger partial charge on any atom is -0.381 e. The van der Waals surface area contributed by atoms with E-state index in [0.29, 0.717) is 4.90 Å². The largest absolute Gasteiger partial charge is 0.381 e. The maximum Gasteiger partial charge on any atom is 0.283 e. The predicted molar refractivity (Wildman–Crippen MR) is 119 cm³/mol. The van der Waals surface area contributed by atoms with Crippen LogP contribution in [0.1, 0.15) is 26.3 Å². The highest BCUT2D eigenvalue weighted by Crippen LogP contribution is 2.37. The predicted octanol–water partition coefficient (Wildman–Crippen LogP) is 3.24. The van der Waals surface area contributed by atoms with E-state index in [1.165, 1.54) is 25.1 Å². The number of hydrogen-bond donors (Lipinski definition) is 2. The van der Waals surface area contributed by atoms with Crippen LogP contribution in [0, 0.1) is 17.5 Å². The number of alkyl halides is 2. The van der Waals surface area contributed by atoms with Gasteiger partial charge in [-0.1, -0.05) is 18.2 Å². The topological polar surface area (TPSA) is 86.7 Å². The number of aliphatic hydroxyl groups is 1. The van der Waals surface area contributed by atoms with Gasteiger partial charge >= 0.3 is 0 Å². The summed E-state index contributed by atoms with van der Waals surface area (Å²) in [6.07, 6.45) is -0.592. The Balaban J connectivity index is 2.10. The van der Waals surface area contributed by atoms with Crippen molar-refractivity contribution in [2.75, 3.05) is 12.3 Å². The first-order chi connectivity index (χ1) is 16.1. The summed E-state index contributed by atoms with van der Waals surface area (Å²) in [7, 11) is -4.17. The fourth-order valence-electron chi connectivity index (χ4n) is 4.02. The Labute approximate surface area is 199 Å². The summed E-state index contributed by atoms with van der Waals surface area (Å²) < 4.78 is 99.5. The molecule has 0 saturated carbocycles. The van der Waals surface area contributed by atoms with E-state index < -0.39 is 81.3 Å².